The topological polar surface area (TPSA) is 40.5 Å². The normalized spacial score (nSPS) is 18.9. The second-order valence-corrected chi connectivity index (χ2v) is 3.68. The second-order valence-electron chi connectivity index (χ2n) is 3.68. The highest BCUT2D eigenvalue weighted by atomic mass is 16.3. The summed E-state index contributed by atoms with van der Waals surface area (Å²) in [7, 11) is 1.76. The Morgan fingerprint density at radius 3 is 2.67 bits per heavy atom. The van der Waals surface area contributed by atoms with Crippen LogP contribution in [0.25, 0.3) is 0 Å². The van der Waals surface area contributed by atoms with Gasteiger partial charge in [0.15, 0.2) is 0 Å². The molecule has 0 bridgehead atoms. The largest absolute Gasteiger partial charge is 0.394 e. The highest BCUT2D eigenvalue weighted by Crippen LogP contribution is 2.32. The Labute approximate surface area is 73.4 Å². The van der Waals surface area contributed by atoms with Crippen molar-refractivity contribution in [3.8, 4) is 0 Å². The van der Waals surface area contributed by atoms with Crippen LogP contribution in [-0.4, -0.2) is 35.6 Å². The monoisotopic (exact) mass is 171 g/mol. The maximum atomic E-state index is 11.4. The van der Waals surface area contributed by atoms with E-state index in [1.807, 2.05) is 6.92 Å². The summed E-state index contributed by atoms with van der Waals surface area (Å²) < 4.78 is 0. The standard InChI is InChI=1S/C9H17NO2/c1-7(6-11)10(2)9(12)5-8-3-4-8/h7-8,11H,3-6H2,1-2H3. The van der Waals surface area contributed by atoms with Crippen molar-refractivity contribution in [2.24, 2.45) is 5.92 Å². The van der Waals surface area contributed by atoms with E-state index in [1.54, 1.807) is 11.9 Å². The predicted octanol–water partition coefficient (Wildman–Crippen LogP) is 0.626. The number of hydrogen-bond acceptors (Lipinski definition) is 2. The molecule has 0 spiro atoms. The van der Waals surface area contributed by atoms with Gasteiger partial charge >= 0.3 is 0 Å². The molecule has 1 atom stereocenters. The molecule has 1 amide bonds. The first-order valence-corrected chi connectivity index (χ1v) is 4.51. The zero-order valence-electron chi connectivity index (χ0n) is 7.79. The van der Waals surface area contributed by atoms with Crippen LogP contribution in [0.15, 0.2) is 0 Å². The van der Waals surface area contributed by atoms with Gasteiger partial charge in [0, 0.05) is 13.5 Å². The molecule has 70 valence electrons. The van der Waals surface area contributed by atoms with Crippen molar-refractivity contribution in [3.63, 3.8) is 0 Å². The Bertz CT molecular complexity index is 166. The molecule has 3 nitrogen and oxygen atoms in total. The Morgan fingerprint density at radius 2 is 2.25 bits per heavy atom. The number of hydrogen-bond donors (Lipinski definition) is 1. The zero-order valence-corrected chi connectivity index (χ0v) is 7.79. The molecule has 1 N–H and O–H groups in total. The van der Waals surface area contributed by atoms with E-state index in [0.717, 1.165) is 0 Å². The minimum atomic E-state index is -0.0451. The molecule has 0 heterocycles. The Hall–Kier alpha value is -0.570. The highest BCUT2D eigenvalue weighted by Gasteiger charge is 2.26. The lowest BCUT2D eigenvalue weighted by atomic mass is 10.2. The van der Waals surface area contributed by atoms with Gasteiger partial charge in [-0.15, -0.1) is 0 Å². The Kier molecular flexibility index (Phi) is 3.09. The molecule has 0 aromatic carbocycles. The van der Waals surface area contributed by atoms with Gasteiger partial charge in [-0.2, -0.15) is 0 Å². The predicted molar refractivity (Wildman–Crippen MR) is 46.7 cm³/mol. The number of likely N-dealkylation sites (N-methyl/N-ethyl adjacent to an activating group) is 1. The number of amides is 1. The quantitative estimate of drug-likeness (QED) is 0.674. The molecule has 1 aliphatic rings. The molecule has 1 saturated carbocycles. The molecule has 1 rings (SSSR count). The minimum absolute atomic E-state index is 0.0451. The van der Waals surface area contributed by atoms with E-state index in [-0.39, 0.29) is 18.6 Å². The summed E-state index contributed by atoms with van der Waals surface area (Å²) in [5.41, 5.74) is 0. The number of aliphatic hydroxyl groups excluding tert-OH is 1. The van der Waals surface area contributed by atoms with Crippen molar-refractivity contribution < 1.29 is 9.90 Å². The average molecular weight is 171 g/mol. The molecule has 3 heteroatoms. The third-order valence-electron chi connectivity index (χ3n) is 2.48. The van der Waals surface area contributed by atoms with Gasteiger partial charge < -0.3 is 10.0 Å². The molecule has 0 radical (unpaired) electrons. The van der Waals surface area contributed by atoms with Crippen LogP contribution in [-0.2, 0) is 4.79 Å². The van der Waals surface area contributed by atoms with Crippen LogP contribution in [0.1, 0.15) is 26.2 Å². The first kappa shape index (κ1) is 9.52. The van der Waals surface area contributed by atoms with Crippen LogP contribution in [0, 0.1) is 5.92 Å². The van der Waals surface area contributed by atoms with Crippen LogP contribution >= 0.6 is 0 Å². The molecule has 1 fully saturated rings. The third kappa shape index (κ3) is 2.48. The Balaban J connectivity index is 2.28. The summed E-state index contributed by atoms with van der Waals surface area (Å²) in [5, 5.41) is 8.81. The molecule has 1 aliphatic carbocycles. The van der Waals surface area contributed by atoms with E-state index in [4.69, 9.17) is 5.11 Å². The maximum absolute atomic E-state index is 11.4. The van der Waals surface area contributed by atoms with Crippen molar-refractivity contribution in [1.82, 2.24) is 4.90 Å². The van der Waals surface area contributed by atoms with Gasteiger partial charge in [0.25, 0.3) is 0 Å². The van der Waals surface area contributed by atoms with E-state index in [0.29, 0.717) is 12.3 Å². The Morgan fingerprint density at radius 1 is 1.67 bits per heavy atom. The zero-order chi connectivity index (χ0) is 9.14. The van der Waals surface area contributed by atoms with Crippen LogP contribution < -0.4 is 0 Å². The first-order valence-electron chi connectivity index (χ1n) is 4.51. The average Bonchev–Trinajstić information content (AvgIpc) is 2.85. The number of carbonyl (C=O) groups is 1. The van der Waals surface area contributed by atoms with E-state index in [2.05, 4.69) is 0 Å². The van der Waals surface area contributed by atoms with Gasteiger partial charge in [0.1, 0.15) is 0 Å². The smallest absolute Gasteiger partial charge is 0.222 e. The molecule has 12 heavy (non-hydrogen) atoms. The van der Waals surface area contributed by atoms with Gasteiger partial charge in [-0.1, -0.05) is 0 Å². The SMILES string of the molecule is CC(CO)N(C)C(=O)CC1CC1. The summed E-state index contributed by atoms with van der Waals surface area (Å²) >= 11 is 0. The van der Waals surface area contributed by atoms with Crippen molar-refractivity contribution in [3.05, 3.63) is 0 Å². The van der Waals surface area contributed by atoms with Crippen molar-refractivity contribution in [1.29, 1.82) is 0 Å². The van der Waals surface area contributed by atoms with Crippen molar-refractivity contribution in [2.45, 2.75) is 32.2 Å². The lowest BCUT2D eigenvalue weighted by Gasteiger charge is -2.22. The fraction of sp³-hybridized carbons (Fsp3) is 0.889. The van der Waals surface area contributed by atoms with Gasteiger partial charge in [0.05, 0.1) is 12.6 Å². The van der Waals surface area contributed by atoms with Crippen LogP contribution in [0.5, 0.6) is 0 Å². The summed E-state index contributed by atoms with van der Waals surface area (Å²) in [6, 6.07) is -0.0451. The van der Waals surface area contributed by atoms with Gasteiger partial charge in [-0.3, -0.25) is 4.79 Å². The lowest BCUT2D eigenvalue weighted by molar-refractivity contribution is -0.132. The fourth-order valence-electron chi connectivity index (χ4n) is 1.08. The summed E-state index contributed by atoms with van der Waals surface area (Å²) in [6.07, 6.45) is 3.07. The number of nitrogens with zero attached hydrogens (tertiary/aromatic N) is 1. The third-order valence-corrected chi connectivity index (χ3v) is 2.48. The summed E-state index contributed by atoms with van der Waals surface area (Å²) in [5.74, 6) is 0.796. The molecule has 0 aromatic rings. The van der Waals surface area contributed by atoms with E-state index in [9.17, 15) is 4.79 Å². The number of aliphatic hydroxyl groups is 1. The second kappa shape index (κ2) is 3.90. The molecule has 1 unspecified atom stereocenters. The maximum Gasteiger partial charge on any atom is 0.222 e. The van der Waals surface area contributed by atoms with Crippen LogP contribution in [0.3, 0.4) is 0 Å². The van der Waals surface area contributed by atoms with E-state index < -0.39 is 0 Å². The summed E-state index contributed by atoms with van der Waals surface area (Å²) in [6.45, 7) is 1.90. The van der Waals surface area contributed by atoms with E-state index >= 15 is 0 Å². The van der Waals surface area contributed by atoms with Crippen molar-refractivity contribution in [2.75, 3.05) is 13.7 Å². The lowest BCUT2D eigenvalue weighted by Crippen LogP contribution is -2.37. The van der Waals surface area contributed by atoms with Gasteiger partial charge in [-0.25, -0.2) is 0 Å². The highest BCUT2D eigenvalue weighted by molar-refractivity contribution is 5.76. The van der Waals surface area contributed by atoms with Crippen LogP contribution in [0.4, 0.5) is 0 Å². The van der Waals surface area contributed by atoms with Gasteiger partial charge in [0.2, 0.25) is 5.91 Å². The summed E-state index contributed by atoms with van der Waals surface area (Å²) in [4.78, 5) is 13.0. The molecular weight excluding hydrogens is 154 g/mol. The minimum Gasteiger partial charge on any atom is -0.394 e. The van der Waals surface area contributed by atoms with E-state index in [1.165, 1.54) is 12.8 Å². The molecular formula is C9H17NO2. The fourth-order valence-corrected chi connectivity index (χ4v) is 1.08. The van der Waals surface area contributed by atoms with Gasteiger partial charge in [-0.05, 0) is 25.7 Å². The molecule has 0 saturated heterocycles. The number of rotatable bonds is 4. The van der Waals surface area contributed by atoms with Crippen LogP contribution in [0.2, 0.25) is 0 Å². The molecule has 0 aromatic heterocycles. The van der Waals surface area contributed by atoms with Crippen molar-refractivity contribution >= 4 is 5.91 Å². The molecule has 0 aliphatic heterocycles. The number of carbonyl (C=O) groups excluding carboxylic acids is 1. The first-order chi connectivity index (χ1) is 5.65.